The van der Waals surface area contributed by atoms with Gasteiger partial charge in [0.2, 0.25) is 0 Å². The molecule has 0 saturated heterocycles. The molecular weight excluding hydrogens is 212 g/mol. The molecule has 0 saturated carbocycles. The highest BCUT2D eigenvalue weighted by Gasteiger charge is 2.15. The number of benzene rings is 1. The first-order valence-electron chi connectivity index (χ1n) is 5.62. The van der Waals surface area contributed by atoms with Crippen molar-refractivity contribution in [2.75, 3.05) is 7.05 Å². The number of carbonyl (C=O) groups excluding carboxylic acids is 1. The molecule has 3 heteroatoms. The summed E-state index contributed by atoms with van der Waals surface area (Å²) in [4.78, 5) is 13.2. The third-order valence-corrected chi connectivity index (χ3v) is 2.92. The van der Waals surface area contributed by atoms with E-state index >= 15 is 0 Å². The van der Waals surface area contributed by atoms with Gasteiger partial charge in [-0.15, -0.1) is 0 Å². The summed E-state index contributed by atoms with van der Waals surface area (Å²) in [5.41, 5.74) is 2.84. The highest BCUT2D eigenvalue weighted by Crippen LogP contribution is 2.20. The second kappa shape index (κ2) is 4.84. The van der Waals surface area contributed by atoms with E-state index < -0.39 is 0 Å². The van der Waals surface area contributed by atoms with E-state index in [0.29, 0.717) is 12.0 Å². The van der Waals surface area contributed by atoms with E-state index in [1.54, 1.807) is 12.1 Å². The normalized spacial score (nSPS) is 14.4. The first-order chi connectivity index (χ1) is 8.19. The fourth-order valence-corrected chi connectivity index (χ4v) is 2.00. The Morgan fingerprint density at radius 3 is 2.88 bits per heavy atom. The predicted molar refractivity (Wildman–Crippen MR) is 64.9 cm³/mol. The molecule has 0 heterocycles. The van der Waals surface area contributed by atoms with Crippen LogP contribution in [-0.2, 0) is 11.3 Å². The number of rotatable bonds is 3. The molecular formula is C14H14N2O. The SMILES string of the molecule is CN(Cc1cccc(C#N)c1)C1=CC(=O)CC1. The maximum absolute atomic E-state index is 11.2. The second-order valence-electron chi connectivity index (χ2n) is 4.27. The van der Waals surface area contributed by atoms with Crippen LogP contribution in [0.4, 0.5) is 0 Å². The van der Waals surface area contributed by atoms with Crippen molar-refractivity contribution in [2.24, 2.45) is 0 Å². The molecule has 0 bridgehead atoms. The fourth-order valence-electron chi connectivity index (χ4n) is 2.00. The number of carbonyl (C=O) groups is 1. The van der Waals surface area contributed by atoms with Crippen LogP contribution in [0.1, 0.15) is 24.0 Å². The summed E-state index contributed by atoms with van der Waals surface area (Å²) in [6, 6.07) is 9.69. The summed E-state index contributed by atoms with van der Waals surface area (Å²) in [7, 11) is 1.98. The van der Waals surface area contributed by atoms with Gasteiger partial charge in [0.1, 0.15) is 0 Å². The third-order valence-electron chi connectivity index (χ3n) is 2.92. The lowest BCUT2D eigenvalue weighted by Crippen LogP contribution is -2.16. The topological polar surface area (TPSA) is 44.1 Å². The number of hydrogen-bond acceptors (Lipinski definition) is 3. The quantitative estimate of drug-likeness (QED) is 0.794. The molecule has 0 aromatic heterocycles. The van der Waals surface area contributed by atoms with Crippen molar-refractivity contribution < 1.29 is 4.79 Å². The lowest BCUT2D eigenvalue weighted by Gasteiger charge is -2.20. The van der Waals surface area contributed by atoms with Crippen LogP contribution >= 0.6 is 0 Å². The monoisotopic (exact) mass is 226 g/mol. The summed E-state index contributed by atoms with van der Waals surface area (Å²) in [5, 5.41) is 8.82. The minimum atomic E-state index is 0.206. The number of ketones is 1. The van der Waals surface area contributed by atoms with E-state index in [4.69, 9.17) is 5.26 Å². The smallest absolute Gasteiger partial charge is 0.157 e. The van der Waals surface area contributed by atoms with Gasteiger partial charge >= 0.3 is 0 Å². The van der Waals surface area contributed by atoms with Gasteiger partial charge in [-0.2, -0.15) is 5.26 Å². The zero-order valence-corrected chi connectivity index (χ0v) is 9.81. The van der Waals surface area contributed by atoms with E-state index in [1.165, 1.54) is 0 Å². The molecule has 17 heavy (non-hydrogen) atoms. The molecule has 0 radical (unpaired) electrons. The van der Waals surface area contributed by atoms with Crippen molar-refractivity contribution in [3.8, 4) is 6.07 Å². The molecule has 0 amide bonds. The third kappa shape index (κ3) is 2.73. The molecule has 0 fully saturated rings. The molecule has 0 unspecified atom stereocenters. The maximum Gasteiger partial charge on any atom is 0.157 e. The molecule has 2 rings (SSSR count). The molecule has 1 aliphatic carbocycles. The van der Waals surface area contributed by atoms with Crippen molar-refractivity contribution in [2.45, 2.75) is 19.4 Å². The van der Waals surface area contributed by atoms with Crippen LogP contribution in [0.5, 0.6) is 0 Å². The van der Waals surface area contributed by atoms with Gasteiger partial charge in [0.05, 0.1) is 11.6 Å². The molecule has 1 aromatic carbocycles. The minimum Gasteiger partial charge on any atom is -0.373 e. The standard InChI is InChI=1S/C14H14N2O/c1-16(13-5-6-14(17)8-13)10-12-4-2-3-11(7-12)9-15/h2-4,7-8H,5-6,10H2,1H3. The first kappa shape index (κ1) is 11.4. The summed E-state index contributed by atoms with van der Waals surface area (Å²) in [5.74, 6) is 0.206. The summed E-state index contributed by atoms with van der Waals surface area (Å²) in [6.45, 7) is 0.731. The minimum absolute atomic E-state index is 0.206. The van der Waals surface area contributed by atoms with Crippen LogP contribution < -0.4 is 0 Å². The van der Waals surface area contributed by atoms with Gasteiger partial charge in [-0.1, -0.05) is 12.1 Å². The molecule has 0 aliphatic heterocycles. The molecule has 0 N–H and O–H groups in total. The van der Waals surface area contributed by atoms with Crippen LogP contribution in [-0.4, -0.2) is 17.7 Å². The number of allylic oxidation sites excluding steroid dienone is 2. The average Bonchev–Trinajstić information content (AvgIpc) is 2.76. The molecule has 3 nitrogen and oxygen atoms in total. The van der Waals surface area contributed by atoms with Gasteiger partial charge in [0, 0.05) is 31.8 Å². The predicted octanol–water partition coefficient (Wildman–Crippen LogP) is 2.24. The van der Waals surface area contributed by atoms with Crippen molar-refractivity contribution >= 4 is 5.78 Å². The van der Waals surface area contributed by atoms with Crippen LogP contribution in [0, 0.1) is 11.3 Å². The summed E-state index contributed by atoms with van der Waals surface area (Å²) >= 11 is 0. The Balaban J connectivity index is 2.08. The molecule has 1 aliphatic rings. The number of nitriles is 1. The lowest BCUT2D eigenvalue weighted by atomic mass is 10.1. The Morgan fingerprint density at radius 2 is 2.24 bits per heavy atom. The van der Waals surface area contributed by atoms with E-state index in [1.807, 2.05) is 25.2 Å². The van der Waals surface area contributed by atoms with Gasteiger partial charge in [0.15, 0.2) is 5.78 Å². The van der Waals surface area contributed by atoms with Gasteiger partial charge in [-0.3, -0.25) is 4.79 Å². The lowest BCUT2D eigenvalue weighted by molar-refractivity contribution is -0.114. The summed E-state index contributed by atoms with van der Waals surface area (Å²) in [6.07, 6.45) is 3.17. The maximum atomic E-state index is 11.2. The molecule has 86 valence electrons. The fraction of sp³-hybridized carbons (Fsp3) is 0.286. The Hall–Kier alpha value is -2.08. The van der Waals surface area contributed by atoms with Gasteiger partial charge < -0.3 is 4.90 Å². The highest BCUT2D eigenvalue weighted by molar-refractivity contribution is 5.92. The Bertz CT molecular complexity index is 511. The van der Waals surface area contributed by atoms with Crippen LogP contribution in [0.25, 0.3) is 0 Å². The van der Waals surface area contributed by atoms with Gasteiger partial charge in [-0.25, -0.2) is 0 Å². The van der Waals surface area contributed by atoms with E-state index in [2.05, 4.69) is 11.0 Å². The second-order valence-corrected chi connectivity index (χ2v) is 4.27. The van der Waals surface area contributed by atoms with Crippen LogP contribution in [0.2, 0.25) is 0 Å². The van der Waals surface area contributed by atoms with Crippen molar-refractivity contribution in [1.82, 2.24) is 4.90 Å². The Kier molecular flexibility index (Phi) is 3.24. The average molecular weight is 226 g/mol. The zero-order chi connectivity index (χ0) is 12.3. The molecule has 0 atom stereocenters. The van der Waals surface area contributed by atoms with E-state index in [9.17, 15) is 4.79 Å². The highest BCUT2D eigenvalue weighted by atomic mass is 16.1. The van der Waals surface area contributed by atoms with Crippen molar-refractivity contribution in [3.63, 3.8) is 0 Å². The van der Waals surface area contributed by atoms with E-state index in [0.717, 1.165) is 24.2 Å². The van der Waals surface area contributed by atoms with E-state index in [-0.39, 0.29) is 5.78 Å². The first-order valence-corrected chi connectivity index (χ1v) is 5.62. The Labute approximate surface area is 101 Å². The molecule has 1 aromatic rings. The zero-order valence-electron chi connectivity index (χ0n) is 9.81. The van der Waals surface area contributed by atoms with Gasteiger partial charge in [0.25, 0.3) is 0 Å². The van der Waals surface area contributed by atoms with Crippen LogP contribution in [0.15, 0.2) is 36.0 Å². The molecule has 0 spiro atoms. The van der Waals surface area contributed by atoms with Crippen molar-refractivity contribution in [3.05, 3.63) is 47.2 Å². The number of hydrogen-bond donors (Lipinski definition) is 0. The largest absolute Gasteiger partial charge is 0.373 e. The number of nitrogens with zero attached hydrogens (tertiary/aromatic N) is 2. The van der Waals surface area contributed by atoms with Crippen LogP contribution in [0.3, 0.4) is 0 Å². The van der Waals surface area contributed by atoms with Gasteiger partial charge in [-0.05, 0) is 24.1 Å². The Morgan fingerprint density at radius 1 is 1.41 bits per heavy atom. The van der Waals surface area contributed by atoms with Crippen molar-refractivity contribution in [1.29, 1.82) is 5.26 Å². The summed E-state index contributed by atoms with van der Waals surface area (Å²) < 4.78 is 0.